The first kappa shape index (κ1) is 101. The van der Waals surface area contributed by atoms with Gasteiger partial charge in [-0.1, -0.05) is 76.3 Å². The van der Waals surface area contributed by atoms with Gasteiger partial charge in [-0.15, -0.1) is 5.10 Å². The molecular weight excluding hydrogens is 1630 g/mol. The lowest BCUT2D eigenvalue weighted by atomic mass is 9.77. The molecule has 2 bridgehead atoms. The van der Waals surface area contributed by atoms with E-state index in [2.05, 4.69) is 41.2 Å². The monoisotopic (exact) mass is 1760 g/mol. The van der Waals surface area contributed by atoms with Gasteiger partial charge in [-0.2, -0.15) is 5.10 Å². The molecule has 9 rings (SSSR count). The van der Waals surface area contributed by atoms with Crippen molar-refractivity contribution in [3.8, 4) is 17.1 Å². The van der Waals surface area contributed by atoms with Crippen LogP contribution in [0.3, 0.4) is 0 Å². The maximum Gasteiger partial charge on any atom is 0.329 e. The molecule has 2 saturated heterocycles. The van der Waals surface area contributed by atoms with Crippen LogP contribution in [0.25, 0.3) is 33.3 Å². The number of aryl methyl sites for hydroxylation is 2. The second kappa shape index (κ2) is 51.8. The van der Waals surface area contributed by atoms with Crippen molar-refractivity contribution in [3.63, 3.8) is 0 Å². The first-order valence-electron chi connectivity index (χ1n) is 44.8. The third kappa shape index (κ3) is 30.5. The van der Waals surface area contributed by atoms with Crippen molar-refractivity contribution in [2.75, 3.05) is 125 Å². The van der Waals surface area contributed by atoms with Gasteiger partial charge in [0, 0.05) is 114 Å². The molecule has 1 aliphatic carbocycles. The minimum Gasteiger partial charge on any atom is -0.508 e. The highest BCUT2D eigenvalue weighted by Gasteiger charge is 2.53. The number of aromatic nitrogens is 8. The van der Waals surface area contributed by atoms with Gasteiger partial charge in [0.25, 0.3) is 11.7 Å². The van der Waals surface area contributed by atoms with Crippen LogP contribution in [0, 0.1) is 35.5 Å². The molecule has 1 aromatic carbocycles. The highest BCUT2D eigenvalue weighted by atomic mass is 16.6. The van der Waals surface area contributed by atoms with Gasteiger partial charge < -0.3 is 99.4 Å². The molecule has 1 saturated carbocycles. The Bertz CT molecular complexity index is 4450. The van der Waals surface area contributed by atoms with E-state index in [9.17, 15) is 58.8 Å². The predicted molar refractivity (Wildman–Crippen MR) is 467 cm³/mol. The number of phenols is 1. The maximum absolute atomic E-state index is 14.8. The number of nitrogens with two attached hydrogens (primary N) is 1. The van der Waals surface area contributed by atoms with Crippen LogP contribution < -0.4 is 21.7 Å². The summed E-state index contributed by atoms with van der Waals surface area (Å²) in [5.41, 5.74) is 10.9. The van der Waals surface area contributed by atoms with Crippen molar-refractivity contribution < 1.29 is 106 Å². The molecule has 4 amide bonds. The summed E-state index contributed by atoms with van der Waals surface area (Å²) in [5, 5.41) is 68.5. The highest BCUT2D eigenvalue weighted by molar-refractivity contribution is 6.39. The van der Waals surface area contributed by atoms with E-state index in [1.165, 1.54) is 17.3 Å². The standard InChI is InChI=1S/C91H135N13O22/c1-58-18-11-10-12-19-59(2)75(117-8)54-69-26-23-64(7)91(116,126-69)86(113)89(114)102-34-15-13-21-73(102)90(115)125-76(55-74(106)60(3)49-63(6)84(111)85(112)83(110)62(5)48-58)61(4)50-65-24-28-72(77(51-65)118-9)104-56-67(99-101-104)20-17-22-78(107)94-32-38-121-42-46-124-45-41-120-37-30-80(109)95-33-39-122-43-47-123-44-40-119-36-29-79(108)93-31-14-16-35-103-88-81(87(92)96-57-97-88)82(100-103)71-53-66-52-68(105)25-27-70(66)98-71/h10-12,18-19,25,27,49,52-53,56-58,60-62,64-65,69,72-73,75-77,84-85,98,105,111-112,116H,13-17,20-24,26,28-48,50-51,54-55H2,1-9H3,(H,93,108)(H,94,107)(H,95,109)(H2,92,96,97)/b12-10+,18-11+,59-19+,63-49+/t58-,60-,61-,62-,64-,65+,69+,72+,73+,75+,76+,77-,84-,85+,91-/m1/s1. The van der Waals surface area contributed by atoms with Crippen molar-refractivity contribution in [1.29, 1.82) is 0 Å². The molecule has 35 nitrogen and oxygen atoms in total. The zero-order valence-corrected chi connectivity index (χ0v) is 74.8. The number of H-pyrrole nitrogens is 1. The third-order valence-corrected chi connectivity index (χ3v) is 24.1. The quantitative estimate of drug-likeness (QED) is 0.00788. The lowest BCUT2D eigenvalue weighted by Gasteiger charge is -2.42. The number of aliphatic hydroxyl groups excluding tert-OH is 2. The van der Waals surface area contributed by atoms with Gasteiger partial charge in [0.15, 0.2) is 11.4 Å². The first-order chi connectivity index (χ1) is 60.7. The summed E-state index contributed by atoms with van der Waals surface area (Å²) in [6.45, 7) is 17.8. The number of Topliss-reactive ketones (excluding diaryl/α,β-unsaturated/α-hetero) is 3. The van der Waals surface area contributed by atoms with Crippen molar-refractivity contribution in [3.05, 3.63) is 90.1 Å². The molecule has 126 heavy (non-hydrogen) atoms. The Labute approximate surface area is 737 Å². The number of unbranched alkanes of at least 4 members (excludes halogenated alkanes) is 1. The Morgan fingerprint density at radius 2 is 1.39 bits per heavy atom. The number of methoxy groups -OCH3 is 2. The Morgan fingerprint density at radius 3 is 2.07 bits per heavy atom. The molecule has 35 heteroatoms. The van der Waals surface area contributed by atoms with Crippen molar-refractivity contribution in [1.82, 2.24) is 60.6 Å². The Morgan fingerprint density at radius 1 is 0.722 bits per heavy atom. The van der Waals surface area contributed by atoms with Gasteiger partial charge in [-0.3, -0.25) is 33.6 Å². The fraction of sp³-hybridized carbons (Fsp3) is 0.659. The van der Waals surface area contributed by atoms with E-state index in [1.807, 2.05) is 68.1 Å². The number of aliphatic hydroxyl groups is 3. The number of anilines is 1. The highest BCUT2D eigenvalue weighted by Crippen LogP contribution is 2.41. The number of carbonyl (C=O) groups excluding carboxylic acids is 8. The molecule has 0 spiro atoms. The second-order valence-corrected chi connectivity index (χ2v) is 33.8. The number of ether oxygens (including phenoxy) is 10. The summed E-state index contributed by atoms with van der Waals surface area (Å²) in [4.78, 5) is 122. The van der Waals surface area contributed by atoms with E-state index in [0.29, 0.717) is 185 Å². The summed E-state index contributed by atoms with van der Waals surface area (Å²) < 4.78 is 61.7. The van der Waals surface area contributed by atoms with Gasteiger partial charge in [-0.25, -0.2) is 24.1 Å². The summed E-state index contributed by atoms with van der Waals surface area (Å²) in [7, 11) is 3.20. The number of nitrogen functional groups attached to an aromatic ring is 1. The van der Waals surface area contributed by atoms with E-state index < -0.39 is 89.5 Å². The van der Waals surface area contributed by atoms with Crippen molar-refractivity contribution in [2.45, 2.75) is 232 Å². The summed E-state index contributed by atoms with van der Waals surface area (Å²) in [5.74, 6) is -9.00. The average Bonchev–Trinajstić information content (AvgIpc) is 1.55. The normalized spacial score (nSPS) is 26.5. The van der Waals surface area contributed by atoms with Crippen LogP contribution in [0.1, 0.15) is 176 Å². The molecule has 10 N–H and O–H groups in total. The second-order valence-electron chi connectivity index (χ2n) is 33.8. The number of aromatic hydroxyl groups is 1. The summed E-state index contributed by atoms with van der Waals surface area (Å²) in [6, 6.07) is 5.61. The minimum atomic E-state index is -2.49. The topological polar surface area (TPSA) is 465 Å². The van der Waals surface area contributed by atoms with Crippen LogP contribution in [0.5, 0.6) is 5.75 Å². The molecule has 7 heterocycles. The Balaban J connectivity index is 0.604. The van der Waals surface area contributed by atoms with E-state index in [-0.39, 0.29) is 117 Å². The SMILES string of the molecule is CO[C@H]1C[C@@H]2CC[C@@H](C)[C@@](O)(O2)C(=O)C(=O)N2CCCC[C@H]2C(=O)O[C@H]([C@H](C)C[C@@H]2CC[C@H](n3cc(CCCC(=O)NCCOCCOCCOCCC(=O)NCCOCCOCCOCCC(=O)NCCCCn4nc(-c5cc6cc(O)ccc6[nH]5)c5c(N)ncnc54)nn3)[C@H](OC)C2)CC(=O)[C@H](C)/C=C(\C)[C@@H](O)[C@@H](O)C(=O)[C@H](C)C[C@H](C)/C=C/C=C/C=C/1C. The van der Waals surface area contributed by atoms with Crippen LogP contribution in [0.4, 0.5) is 5.82 Å². The molecule has 4 aliphatic rings. The number of esters is 1. The van der Waals surface area contributed by atoms with Gasteiger partial charge in [0.1, 0.15) is 53.7 Å². The number of nitrogens with one attached hydrogen (secondary N) is 4. The fourth-order valence-corrected chi connectivity index (χ4v) is 16.7. The zero-order valence-electron chi connectivity index (χ0n) is 74.8. The number of allylic oxidation sites excluding steroid dienone is 6. The third-order valence-electron chi connectivity index (χ3n) is 24.1. The van der Waals surface area contributed by atoms with Crippen molar-refractivity contribution in [2.24, 2.45) is 35.5 Å². The smallest absolute Gasteiger partial charge is 0.329 e. The Kier molecular flexibility index (Phi) is 41.4. The molecule has 0 radical (unpaired) electrons. The molecule has 15 atom stereocenters. The number of piperidine rings is 1. The van der Waals surface area contributed by atoms with Gasteiger partial charge in [0.05, 0.1) is 120 Å². The lowest BCUT2D eigenvalue weighted by molar-refractivity contribution is -0.265. The number of amides is 4. The van der Waals surface area contributed by atoms with Gasteiger partial charge >= 0.3 is 5.97 Å². The Hall–Kier alpha value is -9.11. The van der Waals surface area contributed by atoms with Crippen LogP contribution >= 0.6 is 0 Å². The van der Waals surface area contributed by atoms with E-state index in [4.69, 9.17) is 58.2 Å². The molecule has 0 unspecified atom stereocenters. The van der Waals surface area contributed by atoms with Crippen LogP contribution in [-0.4, -0.2) is 280 Å². The molecule has 5 aromatic rings. The number of hydrogen-bond acceptors (Lipinski definition) is 28. The molecule has 3 aliphatic heterocycles. The minimum absolute atomic E-state index is 0.0390. The molecular formula is C91H135N13O22. The number of benzene rings is 1. The molecule has 4 aromatic heterocycles. The number of carbonyl (C=O) groups is 8. The number of hydrogen-bond donors (Lipinski definition) is 9. The number of phenolic OH excluding ortho intramolecular Hbond substituents is 1. The first-order valence-corrected chi connectivity index (χ1v) is 44.8. The summed E-state index contributed by atoms with van der Waals surface area (Å²) >= 11 is 0. The van der Waals surface area contributed by atoms with E-state index in [0.717, 1.165) is 40.7 Å². The average molecular weight is 1760 g/mol. The predicted octanol–water partition coefficient (Wildman–Crippen LogP) is 7.61. The number of ketones is 3. The lowest BCUT2D eigenvalue weighted by Crippen LogP contribution is -2.61. The van der Waals surface area contributed by atoms with E-state index >= 15 is 0 Å². The number of fused-ring (bicyclic) bond motifs is 5. The van der Waals surface area contributed by atoms with Crippen molar-refractivity contribution >= 4 is 74.7 Å². The number of cyclic esters (lactones) is 1. The fourth-order valence-electron chi connectivity index (χ4n) is 16.7. The largest absolute Gasteiger partial charge is 0.508 e. The van der Waals surface area contributed by atoms with Crippen LogP contribution in [0.2, 0.25) is 0 Å². The van der Waals surface area contributed by atoms with E-state index in [1.54, 1.807) is 64.8 Å². The van der Waals surface area contributed by atoms with Crippen LogP contribution in [0.15, 0.2) is 84.4 Å². The van der Waals surface area contributed by atoms with Crippen LogP contribution in [-0.2, 0) is 98.7 Å². The number of aromatic amines is 1. The summed E-state index contributed by atoms with van der Waals surface area (Å²) in [6.07, 6.45) is 16.5. The van der Waals surface area contributed by atoms with Gasteiger partial charge in [-0.05, 0) is 157 Å². The van der Waals surface area contributed by atoms with Gasteiger partial charge in [0.2, 0.25) is 23.5 Å². The zero-order chi connectivity index (χ0) is 90.7. The number of nitrogens with zero attached hydrogens (tertiary/aromatic N) is 8. The maximum atomic E-state index is 14.8. The molecule has 696 valence electrons. The molecule has 3 fully saturated rings. The number of rotatable bonds is 40.